The van der Waals surface area contributed by atoms with E-state index in [2.05, 4.69) is 15.9 Å². The molecule has 0 aliphatic heterocycles. The molecule has 1 amide bonds. The van der Waals surface area contributed by atoms with E-state index in [0.29, 0.717) is 13.1 Å². The molecule has 112 valence electrons. The normalized spacial score (nSPS) is 11.8. The summed E-state index contributed by atoms with van der Waals surface area (Å²) in [5.41, 5.74) is -0.502. The van der Waals surface area contributed by atoms with E-state index in [1.165, 1.54) is 17.0 Å². The van der Waals surface area contributed by atoms with Gasteiger partial charge in [-0.2, -0.15) is 13.2 Å². The van der Waals surface area contributed by atoms with Gasteiger partial charge in [-0.25, -0.2) is 0 Å². The largest absolute Gasteiger partial charge is 0.416 e. The van der Waals surface area contributed by atoms with Crippen LogP contribution in [0.5, 0.6) is 0 Å². The zero-order valence-corrected chi connectivity index (χ0v) is 12.8. The lowest BCUT2D eigenvalue weighted by atomic mass is 10.1. The maximum atomic E-state index is 12.7. The summed E-state index contributed by atoms with van der Waals surface area (Å²) in [5, 5.41) is 0.0661. The molecule has 0 N–H and O–H groups in total. The maximum Gasteiger partial charge on any atom is 0.416 e. The summed E-state index contributed by atoms with van der Waals surface area (Å²) in [5.74, 6) is -0.272. The molecule has 7 heteroatoms. The number of carbonyl (C=O) groups is 1. The van der Waals surface area contributed by atoms with Crippen molar-refractivity contribution in [2.75, 3.05) is 37.4 Å². The number of hydrogen-bond acceptors (Lipinski definition) is 2. The average Bonchev–Trinajstić information content (AvgIpc) is 2.37. The van der Waals surface area contributed by atoms with Crippen LogP contribution in [0.3, 0.4) is 0 Å². The average molecular weight is 353 g/mol. The predicted molar refractivity (Wildman–Crippen MR) is 76.1 cm³/mol. The molecule has 0 radical (unpaired) electrons. The number of likely N-dealkylation sites (N-methyl/N-ethyl adjacent to an activating group) is 1. The van der Waals surface area contributed by atoms with E-state index < -0.39 is 11.7 Å². The van der Waals surface area contributed by atoms with Gasteiger partial charge >= 0.3 is 6.18 Å². The molecule has 3 nitrogen and oxygen atoms in total. The van der Waals surface area contributed by atoms with Gasteiger partial charge in [0.2, 0.25) is 5.91 Å². The molecule has 20 heavy (non-hydrogen) atoms. The molecular weight excluding hydrogens is 337 g/mol. The standard InChI is InChI=1S/C13H16BrF3N2O/c1-18(2)6-7-19(12(20)9-14)11-5-3-4-10(8-11)13(15,16)17/h3-5,8H,6-7,9H2,1-2H3. The molecule has 1 aromatic rings. The summed E-state index contributed by atoms with van der Waals surface area (Å²) in [4.78, 5) is 15.1. The molecule has 1 aromatic carbocycles. The summed E-state index contributed by atoms with van der Waals surface area (Å²) in [6, 6.07) is 4.80. The van der Waals surface area contributed by atoms with E-state index >= 15 is 0 Å². The van der Waals surface area contributed by atoms with E-state index in [1.54, 1.807) is 0 Å². The highest BCUT2D eigenvalue weighted by molar-refractivity contribution is 9.09. The summed E-state index contributed by atoms with van der Waals surface area (Å²) in [6.45, 7) is 0.897. The summed E-state index contributed by atoms with van der Waals surface area (Å²) < 4.78 is 38.1. The van der Waals surface area contributed by atoms with Crippen LogP contribution < -0.4 is 4.90 Å². The second-order valence-corrected chi connectivity index (χ2v) is 5.09. The van der Waals surface area contributed by atoms with Crippen LogP contribution in [0.1, 0.15) is 5.56 Å². The highest BCUT2D eigenvalue weighted by Crippen LogP contribution is 2.31. The van der Waals surface area contributed by atoms with Crippen molar-refractivity contribution in [3.05, 3.63) is 29.8 Å². The van der Waals surface area contributed by atoms with Gasteiger partial charge in [0, 0.05) is 18.8 Å². The molecule has 0 spiro atoms. The number of alkyl halides is 4. The van der Waals surface area contributed by atoms with Gasteiger partial charge in [0.25, 0.3) is 0 Å². The Bertz CT molecular complexity index is 463. The van der Waals surface area contributed by atoms with Crippen LogP contribution in [0, 0.1) is 0 Å². The maximum absolute atomic E-state index is 12.7. The Morgan fingerprint density at radius 1 is 1.25 bits per heavy atom. The molecule has 0 atom stereocenters. The van der Waals surface area contributed by atoms with Crippen molar-refractivity contribution >= 4 is 27.5 Å². The summed E-state index contributed by atoms with van der Waals surface area (Å²) in [6.07, 6.45) is -4.42. The Morgan fingerprint density at radius 2 is 1.90 bits per heavy atom. The van der Waals surface area contributed by atoms with Crippen LogP contribution in [-0.2, 0) is 11.0 Å². The molecule has 1 rings (SSSR count). The van der Waals surface area contributed by atoms with Crippen LogP contribution in [-0.4, -0.2) is 43.3 Å². The number of rotatable bonds is 5. The molecule has 0 unspecified atom stereocenters. The molecule has 0 saturated carbocycles. The van der Waals surface area contributed by atoms with E-state index in [0.717, 1.165) is 12.1 Å². The molecule has 0 aliphatic carbocycles. The first-order chi connectivity index (χ1) is 9.25. The van der Waals surface area contributed by atoms with E-state index in [1.807, 2.05) is 19.0 Å². The molecular formula is C13H16BrF3N2O. The summed E-state index contributed by atoms with van der Waals surface area (Å²) >= 11 is 3.05. The highest BCUT2D eigenvalue weighted by atomic mass is 79.9. The zero-order chi connectivity index (χ0) is 15.3. The Labute approximate surface area is 124 Å². The number of halogens is 4. The molecule has 0 bridgehead atoms. The van der Waals surface area contributed by atoms with E-state index in [-0.39, 0.29) is 16.9 Å². The van der Waals surface area contributed by atoms with Gasteiger partial charge in [0.05, 0.1) is 10.9 Å². The second kappa shape index (κ2) is 7.08. The molecule has 0 aromatic heterocycles. The van der Waals surface area contributed by atoms with Gasteiger partial charge in [-0.3, -0.25) is 4.79 Å². The van der Waals surface area contributed by atoms with Gasteiger partial charge in [-0.15, -0.1) is 0 Å². The highest BCUT2D eigenvalue weighted by Gasteiger charge is 2.31. The van der Waals surface area contributed by atoms with Crippen LogP contribution in [0.4, 0.5) is 18.9 Å². The molecule has 0 fully saturated rings. The molecule has 0 aliphatic rings. The van der Waals surface area contributed by atoms with E-state index in [4.69, 9.17) is 0 Å². The van der Waals surface area contributed by atoms with Crippen LogP contribution in [0.15, 0.2) is 24.3 Å². The fourth-order valence-corrected chi connectivity index (χ4v) is 1.92. The fourth-order valence-electron chi connectivity index (χ4n) is 1.62. The number of benzene rings is 1. The van der Waals surface area contributed by atoms with Gasteiger partial charge in [-0.1, -0.05) is 22.0 Å². The van der Waals surface area contributed by atoms with Crippen LogP contribution in [0.25, 0.3) is 0 Å². The Kier molecular flexibility index (Phi) is 6.01. The SMILES string of the molecule is CN(C)CCN(C(=O)CBr)c1cccc(C(F)(F)F)c1. The lowest BCUT2D eigenvalue weighted by Crippen LogP contribution is -2.37. The van der Waals surface area contributed by atoms with Gasteiger partial charge in [0.1, 0.15) is 0 Å². The van der Waals surface area contributed by atoms with Crippen molar-refractivity contribution in [2.45, 2.75) is 6.18 Å². The van der Waals surface area contributed by atoms with Crippen LogP contribution >= 0.6 is 15.9 Å². The number of carbonyl (C=O) groups excluding carboxylic acids is 1. The monoisotopic (exact) mass is 352 g/mol. The Morgan fingerprint density at radius 3 is 2.40 bits per heavy atom. The molecule has 0 saturated heterocycles. The summed E-state index contributed by atoms with van der Waals surface area (Å²) in [7, 11) is 3.67. The lowest BCUT2D eigenvalue weighted by molar-refractivity contribution is -0.137. The zero-order valence-electron chi connectivity index (χ0n) is 11.2. The number of amides is 1. The minimum Gasteiger partial charge on any atom is -0.310 e. The fraction of sp³-hybridized carbons (Fsp3) is 0.462. The Hall–Kier alpha value is -1.08. The van der Waals surface area contributed by atoms with Crippen molar-refractivity contribution in [3.8, 4) is 0 Å². The first kappa shape index (κ1) is 17.0. The third kappa shape index (κ3) is 4.79. The van der Waals surface area contributed by atoms with E-state index in [9.17, 15) is 18.0 Å². The number of hydrogen-bond donors (Lipinski definition) is 0. The quantitative estimate of drug-likeness (QED) is 0.760. The first-order valence-electron chi connectivity index (χ1n) is 5.94. The third-order valence-electron chi connectivity index (χ3n) is 2.67. The topological polar surface area (TPSA) is 23.6 Å². The van der Waals surface area contributed by atoms with Crippen molar-refractivity contribution in [1.82, 2.24) is 4.90 Å². The smallest absolute Gasteiger partial charge is 0.310 e. The van der Waals surface area contributed by atoms with Gasteiger partial charge in [-0.05, 0) is 32.3 Å². The predicted octanol–water partition coefficient (Wildman–Crippen LogP) is 2.99. The third-order valence-corrected chi connectivity index (χ3v) is 3.15. The number of anilines is 1. The first-order valence-corrected chi connectivity index (χ1v) is 7.06. The van der Waals surface area contributed by atoms with Crippen molar-refractivity contribution < 1.29 is 18.0 Å². The van der Waals surface area contributed by atoms with Crippen molar-refractivity contribution in [3.63, 3.8) is 0 Å². The minimum atomic E-state index is -4.42. The van der Waals surface area contributed by atoms with Crippen molar-refractivity contribution in [2.24, 2.45) is 0 Å². The van der Waals surface area contributed by atoms with Crippen LogP contribution in [0.2, 0.25) is 0 Å². The minimum absolute atomic E-state index is 0.0661. The second-order valence-electron chi connectivity index (χ2n) is 4.53. The van der Waals surface area contributed by atoms with Crippen molar-refractivity contribution in [1.29, 1.82) is 0 Å². The van der Waals surface area contributed by atoms with Gasteiger partial charge < -0.3 is 9.80 Å². The molecule has 0 heterocycles. The number of nitrogens with zero attached hydrogens (tertiary/aromatic N) is 2. The Balaban J connectivity index is 3.04. The lowest BCUT2D eigenvalue weighted by Gasteiger charge is -2.24. The van der Waals surface area contributed by atoms with Gasteiger partial charge in [0.15, 0.2) is 0 Å².